The lowest BCUT2D eigenvalue weighted by molar-refractivity contribution is 0.669. The van der Waals surface area contributed by atoms with E-state index in [0.717, 1.165) is 55.0 Å². The topological polar surface area (TPSA) is 69.9 Å². The summed E-state index contributed by atoms with van der Waals surface area (Å²) in [5.41, 5.74) is 7.79. The Balaban J connectivity index is 1.09. The van der Waals surface area contributed by atoms with Crippen molar-refractivity contribution in [3.05, 3.63) is 182 Å². The van der Waals surface area contributed by atoms with Crippen LogP contribution in [0.3, 0.4) is 0 Å². The van der Waals surface area contributed by atoms with E-state index in [1.165, 1.54) is 12.1 Å². The number of benzene rings is 8. The zero-order valence-electron chi connectivity index (χ0n) is 36.0. The summed E-state index contributed by atoms with van der Waals surface area (Å²) in [5, 5.41) is 3.99. The predicted octanol–water partition coefficient (Wildman–Crippen LogP) is 13.4. The minimum atomic E-state index is -0.168. The maximum atomic E-state index is 9.07. The molecule has 0 N–H and O–H groups in total. The van der Waals surface area contributed by atoms with Gasteiger partial charge in [0.05, 0.1) is 19.3 Å². The Morgan fingerprint density at radius 3 is 1.61 bits per heavy atom. The summed E-state index contributed by atoms with van der Waals surface area (Å²) in [6.45, 7) is 0. The van der Waals surface area contributed by atoms with Crippen molar-refractivity contribution in [2.45, 2.75) is 0 Å². The summed E-state index contributed by atoms with van der Waals surface area (Å²) >= 11 is 0. The molecule has 0 saturated carbocycles. The standard InChI is InChI=1S/C51H30N4O2/c1-3-13-31(14-4-1)41-29-35(55-43-20-10-7-17-36(43)37-18-8-11-21-44(37)55)30-42-40-26-24-34(28-47(40)57-48(41)42)51-53-49(32-15-5-2-6-16-32)52-50(54-51)33-23-25-39-38-19-9-12-22-45(38)56-46(39)27-33/h1-30H/i7D,8D,17D,18D,20D,21D. The molecule has 6 heteroatoms. The van der Waals surface area contributed by atoms with Gasteiger partial charge < -0.3 is 13.4 Å². The monoisotopic (exact) mass is 736 g/mol. The minimum Gasteiger partial charge on any atom is -0.456 e. The normalized spacial score (nSPS) is 13.3. The van der Waals surface area contributed by atoms with Gasteiger partial charge in [0.25, 0.3) is 0 Å². The first kappa shape index (κ1) is 26.1. The van der Waals surface area contributed by atoms with Crippen LogP contribution in [-0.4, -0.2) is 19.5 Å². The molecule has 12 rings (SSSR count). The van der Waals surface area contributed by atoms with Crippen LogP contribution in [-0.2, 0) is 0 Å². The molecule has 6 nitrogen and oxygen atoms in total. The molecule has 57 heavy (non-hydrogen) atoms. The molecule has 4 aromatic heterocycles. The van der Waals surface area contributed by atoms with Crippen molar-refractivity contribution >= 4 is 65.7 Å². The van der Waals surface area contributed by atoms with Crippen LogP contribution in [0.5, 0.6) is 0 Å². The second kappa shape index (κ2) is 12.3. The molecule has 0 aliphatic rings. The quantitative estimate of drug-likeness (QED) is 0.176. The van der Waals surface area contributed by atoms with Crippen LogP contribution in [0, 0.1) is 0 Å². The Hall–Kier alpha value is -7.83. The van der Waals surface area contributed by atoms with E-state index in [1.54, 1.807) is 4.57 Å². The van der Waals surface area contributed by atoms with Crippen molar-refractivity contribution in [3.8, 4) is 51.0 Å². The lowest BCUT2D eigenvalue weighted by atomic mass is 10.0. The molecule has 8 aromatic carbocycles. The Morgan fingerprint density at radius 1 is 0.404 bits per heavy atom. The van der Waals surface area contributed by atoms with Crippen LogP contribution in [0.4, 0.5) is 0 Å². The van der Waals surface area contributed by atoms with E-state index in [2.05, 4.69) is 0 Å². The highest BCUT2D eigenvalue weighted by atomic mass is 16.3. The molecule has 0 aliphatic carbocycles. The van der Waals surface area contributed by atoms with Gasteiger partial charge in [-0.15, -0.1) is 0 Å². The highest BCUT2D eigenvalue weighted by molar-refractivity contribution is 6.13. The molecular formula is C51H30N4O2. The van der Waals surface area contributed by atoms with Gasteiger partial charge >= 0.3 is 0 Å². The molecule has 0 saturated heterocycles. The number of furan rings is 2. The van der Waals surface area contributed by atoms with E-state index in [0.29, 0.717) is 39.9 Å². The second-order valence-corrected chi connectivity index (χ2v) is 13.9. The van der Waals surface area contributed by atoms with Gasteiger partial charge in [-0.25, -0.2) is 15.0 Å². The van der Waals surface area contributed by atoms with Crippen molar-refractivity contribution in [3.63, 3.8) is 0 Å². The summed E-state index contributed by atoms with van der Waals surface area (Å²) in [6, 6.07) is 45.1. The van der Waals surface area contributed by atoms with Crippen LogP contribution in [0.2, 0.25) is 0 Å². The Morgan fingerprint density at radius 2 is 0.947 bits per heavy atom. The van der Waals surface area contributed by atoms with Gasteiger partial charge in [0.1, 0.15) is 22.3 Å². The van der Waals surface area contributed by atoms with Crippen molar-refractivity contribution in [2.24, 2.45) is 0 Å². The lowest BCUT2D eigenvalue weighted by Gasteiger charge is -2.11. The Labute approximate surface area is 334 Å². The molecular weight excluding hydrogens is 701 g/mol. The largest absolute Gasteiger partial charge is 0.456 e. The van der Waals surface area contributed by atoms with E-state index >= 15 is 0 Å². The van der Waals surface area contributed by atoms with E-state index in [4.69, 9.17) is 32.0 Å². The first-order valence-electron chi connectivity index (χ1n) is 21.5. The SMILES string of the molecule is [2H]c1cc([2H])c2c(c1[2H])c1c([2H])c([2H])cc([2H])c1n2-c1cc(-c2ccccc2)c2oc3cc(-c4nc(-c5ccccc5)nc(-c5ccc6c(c5)oc5ccccc56)n4)ccc3c2c1. The first-order chi connectivity index (χ1) is 30.7. The summed E-state index contributed by atoms with van der Waals surface area (Å²) in [4.78, 5) is 15.0. The smallest absolute Gasteiger partial charge is 0.164 e. The molecule has 0 amide bonds. The number of fused-ring (bicyclic) bond motifs is 9. The van der Waals surface area contributed by atoms with E-state index in [1.807, 2.05) is 133 Å². The fraction of sp³-hybridized carbons (Fsp3) is 0. The maximum Gasteiger partial charge on any atom is 0.164 e. The molecule has 266 valence electrons. The molecule has 0 radical (unpaired) electrons. The zero-order chi connectivity index (χ0) is 42.7. The average molecular weight is 737 g/mol. The van der Waals surface area contributed by atoms with Gasteiger partial charge in [0, 0.05) is 60.3 Å². The van der Waals surface area contributed by atoms with Crippen LogP contribution in [0.15, 0.2) is 191 Å². The summed E-state index contributed by atoms with van der Waals surface area (Å²) in [7, 11) is 0. The third-order valence-electron chi connectivity index (χ3n) is 10.6. The molecule has 0 atom stereocenters. The van der Waals surface area contributed by atoms with Crippen LogP contribution >= 0.6 is 0 Å². The molecule has 0 unspecified atom stereocenters. The van der Waals surface area contributed by atoms with Gasteiger partial charge in [0.2, 0.25) is 0 Å². The molecule has 0 spiro atoms. The summed E-state index contributed by atoms with van der Waals surface area (Å²) < 4.78 is 67.7. The number of aromatic nitrogens is 4. The Bertz CT molecular complexity index is 3810. The van der Waals surface area contributed by atoms with Gasteiger partial charge in [-0.05, 0) is 60.1 Å². The van der Waals surface area contributed by atoms with E-state index < -0.39 is 0 Å². The average Bonchev–Trinajstić information content (AvgIpc) is 4.00. The predicted molar refractivity (Wildman–Crippen MR) is 230 cm³/mol. The van der Waals surface area contributed by atoms with Crippen molar-refractivity contribution in [2.75, 3.05) is 0 Å². The number of nitrogens with zero attached hydrogens (tertiary/aromatic N) is 4. The molecule has 0 fully saturated rings. The van der Waals surface area contributed by atoms with E-state index in [9.17, 15) is 0 Å². The van der Waals surface area contributed by atoms with Gasteiger partial charge in [-0.3, -0.25) is 0 Å². The first-order valence-corrected chi connectivity index (χ1v) is 18.5. The van der Waals surface area contributed by atoms with Crippen molar-refractivity contribution in [1.82, 2.24) is 19.5 Å². The van der Waals surface area contributed by atoms with Gasteiger partial charge in [0.15, 0.2) is 17.5 Å². The molecule has 0 aliphatic heterocycles. The van der Waals surface area contributed by atoms with E-state index in [-0.39, 0.29) is 58.1 Å². The third-order valence-corrected chi connectivity index (χ3v) is 10.6. The van der Waals surface area contributed by atoms with Crippen LogP contribution in [0.1, 0.15) is 8.22 Å². The summed E-state index contributed by atoms with van der Waals surface area (Å²) in [6.07, 6.45) is 0. The van der Waals surface area contributed by atoms with Crippen molar-refractivity contribution in [1.29, 1.82) is 0 Å². The fourth-order valence-corrected chi connectivity index (χ4v) is 7.95. The molecule has 0 bridgehead atoms. The lowest BCUT2D eigenvalue weighted by Crippen LogP contribution is -2.00. The highest BCUT2D eigenvalue weighted by Gasteiger charge is 2.20. The third kappa shape index (κ3) is 5.01. The number of para-hydroxylation sites is 3. The second-order valence-electron chi connectivity index (χ2n) is 13.9. The highest BCUT2D eigenvalue weighted by Crippen LogP contribution is 2.41. The van der Waals surface area contributed by atoms with Crippen molar-refractivity contribution < 1.29 is 17.1 Å². The van der Waals surface area contributed by atoms with Crippen LogP contribution in [0.25, 0.3) is 117 Å². The minimum absolute atomic E-state index is 0.0281. The number of hydrogen-bond donors (Lipinski definition) is 0. The zero-order valence-corrected chi connectivity index (χ0v) is 30.0. The van der Waals surface area contributed by atoms with Gasteiger partial charge in [-0.2, -0.15) is 0 Å². The van der Waals surface area contributed by atoms with Crippen LogP contribution < -0.4 is 0 Å². The number of hydrogen-bond acceptors (Lipinski definition) is 5. The molecule has 12 aromatic rings. The maximum absolute atomic E-state index is 9.07. The Kier molecular flexibility index (Phi) is 5.64. The summed E-state index contributed by atoms with van der Waals surface area (Å²) in [5.74, 6) is 1.44. The molecule has 4 heterocycles. The number of rotatable bonds is 5. The van der Waals surface area contributed by atoms with Gasteiger partial charge in [-0.1, -0.05) is 127 Å². The fourth-order valence-electron chi connectivity index (χ4n) is 7.95.